The number of phenols is 1. The standard InChI is InChI=1S/C26H23F3N2O.C23H17F3N2O.C22H17F3N4O2S/c1-25(2,32)21-6-4-3-5-18(21)16-9-12-22-23(13-16)31-24(30-22)20-14-19(20)15-7-10-17(11-8-15)26(27,28)29;24-23(25,26)15-8-5-13(6-9-15)17-12-18(17)22-27-19-10-7-14(11-20(19)28-22)16-3-1-2-4-21(16)29;23-22(24,25)16-9-5-14(6-10-16)7-12-21-27-19-11-8-15(13-20(19)28-21)17-3-1-2-4-18(17)29-32(26,30)31/h3-13,19-20,32H,14H2,1-2H3,(H,30,31);1-11,17-18,29H,12H2,(H,27,28);1-13,29H,(H,27,28)(H2,26,30,31)/b;;12-7+. The molecular formula is C71H57F9N8O4S. The summed E-state index contributed by atoms with van der Waals surface area (Å²) in [6.45, 7) is 3.54. The number of nitrogens with one attached hydrogen (secondary N) is 4. The third kappa shape index (κ3) is 14.5. The van der Waals surface area contributed by atoms with Crippen LogP contribution in [0.25, 0.3) is 78.6 Å². The van der Waals surface area contributed by atoms with Crippen LogP contribution in [-0.2, 0) is 34.3 Å². The molecule has 22 heteroatoms. The van der Waals surface area contributed by atoms with Crippen molar-refractivity contribution in [1.29, 1.82) is 0 Å². The highest BCUT2D eigenvalue weighted by atomic mass is 32.2. The van der Waals surface area contributed by atoms with Gasteiger partial charge in [0.1, 0.15) is 23.2 Å². The number of aliphatic hydroxyl groups is 1. The zero-order valence-electron chi connectivity index (χ0n) is 49.4. The Balaban J connectivity index is 0.000000134. The number of hydrogen-bond donors (Lipinski definition) is 7. The molecule has 3 aromatic heterocycles. The van der Waals surface area contributed by atoms with Crippen LogP contribution in [0.3, 0.4) is 0 Å². The van der Waals surface area contributed by atoms with E-state index in [1.54, 1.807) is 98.8 Å². The number of halogens is 9. The number of phenolic OH excluding ortho intramolecular Hbond substituents is 1. The van der Waals surface area contributed by atoms with Gasteiger partial charge in [0.2, 0.25) is 0 Å². The lowest BCUT2D eigenvalue weighted by Gasteiger charge is -2.21. The van der Waals surface area contributed by atoms with Crippen molar-refractivity contribution in [3.63, 3.8) is 0 Å². The fourth-order valence-electron chi connectivity index (χ4n) is 11.5. The van der Waals surface area contributed by atoms with Gasteiger partial charge in [-0.05, 0) is 174 Å². The van der Waals surface area contributed by atoms with Gasteiger partial charge >= 0.3 is 18.5 Å². The van der Waals surface area contributed by atoms with E-state index in [-0.39, 0.29) is 29.4 Å². The lowest BCUT2D eigenvalue weighted by molar-refractivity contribution is -0.138. The number of nitrogens with two attached hydrogens (primary N) is 1. The van der Waals surface area contributed by atoms with Crippen LogP contribution in [0.1, 0.15) is 107 Å². The van der Waals surface area contributed by atoms with Crippen LogP contribution in [0.5, 0.6) is 5.75 Å². The van der Waals surface area contributed by atoms with Crippen LogP contribution in [-0.4, -0.2) is 48.5 Å². The maximum atomic E-state index is 12.8. The van der Waals surface area contributed by atoms with Gasteiger partial charge in [-0.15, -0.1) is 0 Å². The molecule has 2 saturated carbocycles. The largest absolute Gasteiger partial charge is 0.507 e. The second-order valence-electron chi connectivity index (χ2n) is 23.5. The molecule has 2 fully saturated rings. The number of H-pyrrole nitrogens is 3. The zero-order valence-corrected chi connectivity index (χ0v) is 50.2. The molecule has 12 aromatic rings. The fourth-order valence-corrected chi connectivity index (χ4v) is 12.0. The highest BCUT2D eigenvalue weighted by molar-refractivity contribution is 7.90. The first-order chi connectivity index (χ1) is 44.1. The van der Waals surface area contributed by atoms with E-state index in [9.17, 15) is 58.1 Å². The van der Waals surface area contributed by atoms with Crippen molar-refractivity contribution in [2.45, 2.75) is 74.5 Å². The summed E-state index contributed by atoms with van der Waals surface area (Å²) in [5.41, 5.74) is 10.5. The number of hydrogen-bond acceptors (Lipinski definition) is 7. The Bertz CT molecular complexity index is 4860. The van der Waals surface area contributed by atoms with E-state index < -0.39 is 51.0 Å². The van der Waals surface area contributed by atoms with Gasteiger partial charge in [-0.1, -0.05) is 121 Å². The van der Waals surface area contributed by atoms with Gasteiger partial charge in [-0.3, -0.25) is 4.72 Å². The van der Waals surface area contributed by atoms with Crippen LogP contribution in [0, 0.1) is 0 Å². The number of imidazole rings is 3. The average molecular weight is 1290 g/mol. The van der Waals surface area contributed by atoms with Crippen LogP contribution < -0.4 is 9.86 Å². The Labute approximate surface area is 527 Å². The summed E-state index contributed by atoms with van der Waals surface area (Å²) >= 11 is 0. The summed E-state index contributed by atoms with van der Waals surface area (Å²) in [5.74, 6) is 3.14. The van der Waals surface area contributed by atoms with Gasteiger partial charge in [0.25, 0.3) is 10.2 Å². The van der Waals surface area contributed by atoms with Gasteiger partial charge in [-0.2, -0.15) is 47.9 Å². The van der Waals surface area contributed by atoms with Crippen LogP contribution >= 0.6 is 0 Å². The van der Waals surface area contributed by atoms with Crippen molar-refractivity contribution in [2.75, 3.05) is 4.72 Å². The first-order valence-electron chi connectivity index (χ1n) is 29.3. The Morgan fingerprint density at radius 3 is 1.37 bits per heavy atom. The summed E-state index contributed by atoms with van der Waals surface area (Å²) in [7, 11) is -3.93. The fraction of sp³-hybridized carbons (Fsp3) is 0.169. The number of aromatic nitrogens is 6. The van der Waals surface area contributed by atoms with E-state index in [1.165, 1.54) is 12.1 Å². The second-order valence-corrected chi connectivity index (χ2v) is 24.8. The number of para-hydroxylation sites is 2. The smallest absolute Gasteiger partial charge is 0.416 e. The molecule has 9 aromatic carbocycles. The van der Waals surface area contributed by atoms with Crippen molar-refractivity contribution in [2.24, 2.45) is 5.14 Å². The van der Waals surface area contributed by atoms with Crippen LogP contribution in [0.15, 0.2) is 200 Å². The minimum Gasteiger partial charge on any atom is -0.507 e. The molecule has 93 heavy (non-hydrogen) atoms. The normalized spacial score (nSPS) is 16.7. The highest BCUT2D eigenvalue weighted by Crippen LogP contribution is 2.55. The third-order valence-electron chi connectivity index (χ3n) is 16.4. The van der Waals surface area contributed by atoms with E-state index >= 15 is 0 Å². The molecule has 4 atom stereocenters. The number of fused-ring (bicyclic) bond motifs is 3. The van der Waals surface area contributed by atoms with Crippen LogP contribution in [0.4, 0.5) is 45.2 Å². The maximum Gasteiger partial charge on any atom is 0.416 e. The number of benzene rings is 9. The van der Waals surface area contributed by atoms with Gasteiger partial charge in [0.15, 0.2) is 0 Å². The van der Waals surface area contributed by atoms with Crippen molar-refractivity contribution < 1.29 is 58.1 Å². The van der Waals surface area contributed by atoms with Gasteiger partial charge in [0, 0.05) is 23.0 Å². The third-order valence-corrected chi connectivity index (χ3v) is 16.9. The molecule has 8 N–H and O–H groups in total. The molecule has 0 aliphatic heterocycles. The molecule has 14 rings (SSSR count). The molecule has 2 aliphatic carbocycles. The topological polar surface area (TPSA) is 199 Å². The minimum atomic E-state index is -4.37. The molecule has 0 saturated heterocycles. The van der Waals surface area contributed by atoms with E-state index in [0.29, 0.717) is 33.7 Å². The molecule has 0 radical (unpaired) electrons. The van der Waals surface area contributed by atoms with Crippen molar-refractivity contribution in [1.82, 2.24) is 29.9 Å². The monoisotopic (exact) mass is 1290 g/mol. The number of alkyl halides is 9. The molecule has 4 unspecified atom stereocenters. The summed E-state index contributed by atoms with van der Waals surface area (Å²) in [6, 6.07) is 54.6. The van der Waals surface area contributed by atoms with E-state index in [0.717, 1.165) is 127 Å². The zero-order chi connectivity index (χ0) is 65.8. The number of rotatable bonds is 12. The number of aromatic amines is 3. The number of nitrogens with zero attached hydrogens (tertiary/aromatic N) is 3. The predicted octanol–water partition coefficient (Wildman–Crippen LogP) is 18.0. The summed E-state index contributed by atoms with van der Waals surface area (Å²) in [4.78, 5) is 23.7. The van der Waals surface area contributed by atoms with Crippen LogP contribution in [0.2, 0.25) is 0 Å². The predicted molar refractivity (Wildman–Crippen MR) is 342 cm³/mol. The Morgan fingerprint density at radius 1 is 0.484 bits per heavy atom. The molecule has 0 bridgehead atoms. The Morgan fingerprint density at radius 2 is 0.892 bits per heavy atom. The lowest BCUT2D eigenvalue weighted by atomic mass is 9.89. The van der Waals surface area contributed by atoms with E-state index in [2.05, 4.69) is 29.6 Å². The van der Waals surface area contributed by atoms with Gasteiger partial charge in [-0.25, -0.2) is 20.1 Å². The lowest BCUT2D eigenvalue weighted by Crippen LogP contribution is -2.22. The summed E-state index contributed by atoms with van der Waals surface area (Å²) in [6.07, 6.45) is -7.96. The van der Waals surface area contributed by atoms with Gasteiger partial charge < -0.3 is 25.2 Å². The Hall–Kier alpha value is -10.0. The molecule has 0 spiro atoms. The maximum absolute atomic E-state index is 12.8. The van der Waals surface area contributed by atoms with Crippen molar-refractivity contribution in [3.05, 3.63) is 257 Å². The van der Waals surface area contributed by atoms with Crippen molar-refractivity contribution in [3.8, 4) is 39.1 Å². The quantitative estimate of drug-likeness (QED) is 0.0590. The molecule has 12 nitrogen and oxygen atoms in total. The first-order valence-corrected chi connectivity index (χ1v) is 30.8. The SMILES string of the molecule is CC(C)(O)c1ccccc1-c1ccc2nc(C3CC3c3ccc(C(F)(F)F)cc3)[nH]c2c1.NS(=O)(=O)Nc1ccccc1-c1ccc2nc(/C=C/c3ccc(C(F)(F)F)cc3)[nH]c2c1.Oc1ccccc1-c1ccc2nc(C3CC3c3ccc(C(F)(F)F)cc3)[nH]c2c1. The van der Waals surface area contributed by atoms with E-state index in [1.807, 2.05) is 78.9 Å². The van der Waals surface area contributed by atoms with Crippen molar-refractivity contribution >= 4 is 61.1 Å². The average Bonchev–Trinajstić information content (AvgIpc) is 1.63. The highest BCUT2D eigenvalue weighted by Gasteiger charge is 2.44. The molecule has 474 valence electrons. The number of aromatic hydroxyl groups is 1. The Kier molecular flexibility index (Phi) is 16.7. The minimum absolute atomic E-state index is 0.172. The first kappa shape index (κ1) is 63.1. The molecule has 0 amide bonds. The number of anilines is 1. The summed E-state index contributed by atoms with van der Waals surface area (Å²) in [5, 5.41) is 25.7. The van der Waals surface area contributed by atoms with Gasteiger partial charge in [0.05, 0.1) is 61.1 Å². The second kappa shape index (κ2) is 24.5. The molecule has 2 aliphatic rings. The summed E-state index contributed by atoms with van der Waals surface area (Å²) < 4.78 is 140. The molecule has 3 heterocycles. The molecular weight excluding hydrogens is 1230 g/mol. The van der Waals surface area contributed by atoms with E-state index in [4.69, 9.17) is 10.1 Å².